The second-order valence-corrected chi connectivity index (χ2v) is 6.51. The summed E-state index contributed by atoms with van der Waals surface area (Å²) in [6.45, 7) is 6.83. The first-order valence-corrected chi connectivity index (χ1v) is 8.42. The maximum atomic E-state index is 6.28. The normalized spacial score (nSPS) is 21.1. The lowest BCUT2D eigenvalue weighted by Crippen LogP contribution is -2.39. The number of nitrogens with two attached hydrogens (primary N) is 1. The molecule has 2 unspecified atom stereocenters. The molecule has 1 aromatic rings. The first kappa shape index (κ1) is 16.8. The monoisotopic (exact) mass is 309 g/mol. The van der Waals surface area contributed by atoms with Crippen LogP contribution in [0.5, 0.6) is 0 Å². The minimum Gasteiger partial charge on any atom is -0.324 e. The Morgan fingerprint density at radius 3 is 2.90 bits per heavy atom. The first-order chi connectivity index (χ1) is 10.1. The van der Waals surface area contributed by atoms with E-state index in [2.05, 4.69) is 23.8 Å². The number of likely N-dealkylation sites (N-methyl/N-ethyl adjacent to an activating group) is 2. The average Bonchev–Trinajstić information content (AvgIpc) is 2.92. The Hall–Kier alpha value is -0.610. The molecule has 1 saturated heterocycles. The predicted octanol–water partition coefficient (Wildman–Crippen LogP) is 3.15. The minimum absolute atomic E-state index is 0.0204. The van der Waals surface area contributed by atoms with Gasteiger partial charge < -0.3 is 10.6 Å². The van der Waals surface area contributed by atoms with Crippen molar-refractivity contribution in [2.45, 2.75) is 38.3 Å². The van der Waals surface area contributed by atoms with Gasteiger partial charge in [0.2, 0.25) is 0 Å². The highest BCUT2D eigenvalue weighted by Crippen LogP contribution is 2.23. The van der Waals surface area contributed by atoms with Gasteiger partial charge in [-0.3, -0.25) is 4.90 Å². The van der Waals surface area contributed by atoms with Gasteiger partial charge in [-0.1, -0.05) is 36.7 Å². The Balaban J connectivity index is 1.78. The molecular formula is C17H28ClN3. The summed E-state index contributed by atoms with van der Waals surface area (Å²) < 4.78 is 0. The fraction of sp³-hybridized carbons (Fsp3) is 0.647. The van der Waals surface area contributed by atoms with Crippen LogP contribution in [0.4, 0.5) is 0 Å². The topological polar surface area (TPSA) is 32.5 Å². The number of hydrogen-bond donors (Lipinski definition) is 1. The molecule has 21 heavy (non-hydrogen) atoms. The SMILES string of the molecule is CCN1CCCC1CN(C)CCC(N)c1ccccc1Cl. The Morgan fingerprint density at radius 1 is 1.43 bits per heavy atom. The number of hydrogen-bond acceptors (Lipinski definition) is 3. The van der Waals surface area contributed by atoms with E-state index in [4.69, 9.17) is 17.3 Å². The molecule has 2 rings (SSSR count). The number of rotatable bonds is 7. The van der Waals surface area contributed by atoms with Crippen LogP contribution in [0.25, 0.3) is 0 Å². The lowest BCUT2D eigenvalue weighted by Gasteiger charge is -2.28. The third kappa shape index (κ3) is 4.68. The van der Waals surface area contributed by atoms with Crippen molar-refractivity contribution in [1.82, 2.24) is 9.80 Å². The molecule has 1 aromatic carbocycles. The van der Waals surface area contributed by atoms with E-state index < -0.39 is 0 Å². The van der Waals surface area contributed by atoms with Crippen molar-refractivity contribution in [3.05, 3.63) is 34.9 Å². The van der Waals surface area contributed by atoms with E-state index in [0.29, 0.717) is 0 Å². The largest absolute Gasteiger partial charge is 0.324 e. The van der Waals surface area contributed by atoms with Gasteiger partial charge >= 0.3 is 0 Å². The molecule has 0 aliphatic carbocycles. The molecule has 1 aliphatic heterocycles. The first-order valence-electron chi connectivity index (χ1n) is 8.04. The third-order valence-electron chi connectivity index (χ3n) is 4.55. The average molecular weight is 310 g/mol. The van der Waals surface area contributed by atoms with Crippen molar-refractivity contribution in [3.8, 4) is 0 Å². The Bertz CT molecular complexity index is 438. The summed E-state index contributed by atoms with van der Waals surface area (Å²) in [4.78, 5) is 5.00. The second kappa shape index (κ2) is 8.14. The number of halogens is 1. The predicted molar refractivity (Wildman–Crippen MR) is 90.8 cm³/mol. The lowest BCUT2D eigenvalue weighted by molar-refractivity contribution is 0.195. The number of nitrogens with zero attached hydrogens (tertiary/aromatic N) is 2. The summed E-state index contributed by atoms with van der Waals surface area (Å²) >= 11 is 6.21. The summed E-state index contributed by atoms with van der Waals surface area (Å²) in [5.41, 5.74) is 7.34. The zero-order chi connectivity index (χ0) is 15.2. The van der Waals surface area contributed by atoms with Crippen LogP contribution in [0, 0.1) is 0 Å². The molecule has 3 nitrogen and oxygen atoms in total. The second-order valence-electron chi connectivity index (χ2n) is 6.10. The fourth-order valence-corrected chi connectivity index (χ4v) is 3.54. The van der Waals surface area contributed by atoms with Crippen LogP contribution < -0.4 is 5.73 Å². The Kier molecular flexibility index (Phi) is 6.49. The Labute approximate surface area is 134 Å². The van der Waals surface area contributed by atoms with Gasteiger partial charge in [0.05, 0.1) is 0 Å². The van der Waals surface area contributed by atoms with E-state index in [-0.39, 0.29) is 6.04 Å². The summed E-state index contributed by atoms with van der Waals surface area (Å²) in [5.74, 6) is 0. The molecule has 4 heteroatoms. The quantitative estimate of drug-likeness (QED) is 0.840. The van der Waals surface area contributed by atoms with E-state index in [1.165, 1.54) is 19.4 Å². The molecule has 0 aromatic heterocycles. The third-order valence-corrected chi connectivity index (χ3v) is 4.90. The summed E-state index contributed by atoms with van der Waals surface area (Å²) in [6.07, 6.45) is 3.61. The van der Waals surface area contributed by atoms with E-state index in [1.54, 1.807) is 0 Å². The van der Waals surface area contributed by atoms with Crippen LogP contribution in [0.3, 0.4) is 0 Å². The molecule has 0 saturated carbocycles. The summed E-state index contributed by atoms with van der Waals surface area (Å²) in [7, 11) is 2.20. The van der Waals surface area contributed by atoms with Crippen LogP contribution in [-0.2, 0) is 0 Å². The molecule has 0 bridgehead atoms. The van der Waals surface area contributed by atoms with Gasteiger partial charge in [-0.15, -0.1) is 0 Å². The van der Waals surface area contributed by atoms with Gasteiger partial charge in [0.1, 0.15) is 0 Å². The van der Waals surface area contributed by atoms with Gasteiger partial charge in [0.25, 0.3) is 0 Å². The maximum absolute atomic E-state index is 6.28. The van der Waals surface area contributed by atoms with Gasteiger partial charge in [0, 0.05) is 23.7 Å². The minimum atomic E-state index is 0.0204. The van der Waals surface area contributed by atoms with Gasteiger partial charge in [-0.05, 0) is 57.6 Å². The molecule has 1 fully saturated rings. The fourth-order valence-electron chi connectivity index (χ4n) is 3.26. The maximum Gasteiger partial charge on any atom is 0.0453 e. The zero-order valence-corrected chi connectivity index (χ0v) is 14.0. The molecule has 1 aliphatic rings. The van der Waals surface area contributed by atoms with Gasteiger partial charge in [-0.2, -0.15) is 0 Å². The lowest BCUT2D eigenvalue weighted by atomic mass is 10.0. The molecule has 0 radical (unpaired) electrons. The number of benzene rings is 1. The van der Waals surface area contributed by atoms with Crippen LogP contribution >= 0.6 is 11.6 Å². The molecule has 0 amide bonds. The molecule has 1 heterocycles. The van der Waals surface area contributed by atoms with Crippen molar-refractivity contribution >= 4 is 11.6 Å². The molecule has 2 N–H and O–H groups in total. The standard InChI is InChI=1S/C17H28ClN3/c1-3-21-11-6-7-14(21)13-20(2)12-10-17(19)15-8-4-5-9-16(15)18/h4-5,8-9,14,17H,3,6-7,10-13,19H2,1-2H3. The summed E-state index contributed by atoms with van der Waals surface area (Å²) in [5, 5.41) is 0.778. The highest BCUT2D eigenvalue weighted by molar-refractivity contribution is 6.31. The van der Waals surface area contributed by atoms with Gasteiger partial charge in [-0.25, -0.2) is 0 Å². The highest BCUT2D eigenvalue weighted by Gasteiger charge is 2.24. The Morgan fingerprint density at radius 2 is 2.19 bits per heavy atom. The van der Waals surface area contributed by atoms with Crippen molar-refractivity contribution in [2.75, 3.05) is 33.2 Å². The number of likely N-dealkylation sites (tertiary alicyclic amines) is 1. The highest BCUT2D eigenvalue weighted by atomic mass is 35.5. The van der Waals surface area contributed by atoms with E-state index in [9.17, 15) is 0 Å². The van der Waals surface area contributed by atoms with Crippen molar-refractivity contribution < 1.29 is 0 Å². The van der Waals surface area contributed by atoms with Crippen LogP contribution in [0.2, 0.25) is 5.02 Å². The molecule has 118 valence electrons. The van der Waals surface area contributed by atoms with E-state index in [1.807, 2.05) is 24.3 Å². The smallest absolute Gasteiger partial charge is 0.0453 e. The van der Waals surface area contributed by atoms with E-state index in [0.717, 1.165) is 42.7 Å². The van der Waals surface area contributed by atoms with Crippen molar-refractivity contribution in [1.29, 1.82) is 0 Å². The van der Waals surface area contributed by atoms with Gasteiger partial charge in [0.15, 0.2) is 0 Å². The zero-order valence-electron chi connectivity index (χ0n) is 13.3. The molecular weight excluding hydrogens is 282 g/mol. The van der Waals surface area contributed by atoms with Crippen molar-refractivity contribution in [3.63, 3.8) is 0 Å². The van der Waals surface area contributed by atoms with Crippen molar-refractivity contribution in [2.24, 2.45) is 5.73 Å². The van der Waals surface area contributed by atoms with E-state index >= 15 is 0 Å². The molecule has 2 atom stereocenters. The molecule has 0 spiro atoms. The van der Waals surface area contributed by atoms with Crippen LogP contribution in [0.15, 0.2) is 24.3 Å². The van der Waals surface area contributed by atoms with Crippen LogP contribution in [0.1, 0.15) is 37.8 Å². The van der Waals surface area contributed by atoms with Crippen LogP contribution in [-0.4, -0.2) is 49.1 Å². The summed E-state index contributed by atoms with van der Waals surface area (Å²) in [6, 6.07) is 8.64.